The minimum absolute atomic E-state index is 0.0232. The minimum atomic E-state index is -0.303. The van der Waals surface area contributed by atoms with E-state index in [0.29, 0.717) is 38.1 Å². The highest BCUT2D eigenvalue weighted by atomic mass is 16.6. The molecule has 21 heavy (non-hydrogen) atoms. The normalized spacial score (nSPS) is 15.6. The molecule has 2 N–H and O–H groups in total. The number of carbonyl (C=O) groups excluding carboxylic acids is 2. The van der Waals surface area contributed by atoms with Crippen LogP contribution in [0.3, 0.4) is 0 Å². The maximum absolute atomic E-state index is 12.0. The van der Waals surface area contributed by atoms with Crippen molar-refractivity contribution in [3.05, 3.63) is 34.2 Å². The number of aromatic amines is 1. The summed E-state index contributed by atoms with van der Waals surface area (Å²) in [5, 5.41) is 2.91. The Bertz CT molecular complexity index is 541. The van der Waals surface area contributed by atoms with E-state index in [1.54, 1.807) is 11.8 Å². The molecule has 1 fully saturated rings. The number of ether oxygens (including phenoxy) is 1. The van der Waals surface area contributed by atoms with Crippen molar-refractivity contribution in [1.29, 1.82) is 0 Å². The van der Waals surface area contributed by atoms with E-state index in [-0.39, 0.29) is 23.6 Å². The van der Waals surface area contributed by atoms with Gasteiger partial charge in [-0.2, -0.15) is 0 Å². The monoisotopic (exact) mass is 293 g/mol. The van der Waals surface area contributed by atoms with Crippen LogP contribution in [0.4, 0.5) is 4.79 Å². The van der Waals surface area contributed by atoms with Gasteiger partial charge in [-0.05, 0) is 25.8 Å². The van der Waals surface area contributed by atoms with Gasteiger partial charge in [-0.15, -0.1) is 0 Å². The highest BCUT2D eigenvalue weighted by Crippen LogP contribution is 2.12. The highest BCUT2D eigenvalue weighted by Gasteiger charge is 2.24. The number of nitrogens with zero attached hydrogens (tertiary/aromatic N) is 1. The number of nitrogens with one attached hydrogen (secondary N) is 2. The van der Waals surface area contributed by atoms with Crippen LogP contribution in [0.1, 0.15) is 30.1 Å². The van der Waals surface area contributed by atoms with Crippen molar-refractivity contribution in [3.8, 4) is 0 Å². The van der Waals surface area contributed by atoms with E-state index in [1.807, 2.05) is 0 Å². The van der Waals surface area contributed by atoms with Crippen molar-refractivity contribution in [1.82, 2.24) is 15.2 Å². The number of H-pyrrole nitrogens is 1. The second kappa shape index (κ2) is 6.92. The number of carbonyl (C=O) groups is 2. The lowest BCUT2D eigenvalue weighted by atomic mass is 10.0. The van der Waals surface area contributed by atoms with Crippen LogP contribution in [0.5, 0.6) is 0 Å². The fraction of sp³-hybridized carbons (Fsp3) is 0.500. The van der Waals surface area contributed by atoms with Gasteiger partial charge in [0.1, 0.15) is 0 Å². The van der Waals surface area contributed by atoms with Gasteiger partial charge in [0, 0.05) is 31.4 Å². The molecule has 2 rings (SSSR count). The number of hydrogen-bond donors (Lipinski definition) is 2. The Morgan fingerprint density at radius 3 is 2.67 bits per heavy atom. The standard InChI is InChI=1S/C14H19N3O4/c1-2-21-14(20)17-7-5-11(6-8-17)16-13(19)10-3-4-12(18)15-9-10/h3-4,9,11H,2,5-8H2,1H3,(H,15,18)(H,16,19). The summed E-state index contributed by atoms with van der Waals surface area (Å²) in [4.78, 5) is 38.6. The molecule has 2 heterocycles. The molecule has 7 heteroatoms. The first-order valence-corrected chi connectivity index (χ1v) is 7.01. The summed E-state index contributed by atoms with van der Waals surface area (Å²) in [5.41, 5.74) is 0.178. The van der Waals surface area contributed by atoms with Crippen molar-refractivity contribution in [2.24, 2.45) is 0 Å². The maximum atomic E-state index is 12.0. The van der Waals surface area contributed by atoms with E-state index in [9.17, 15) is 14.4 Å². The van der Waals surface area contributed by atoms with Crippen LogP contribution in [0, 0.1) is 0 Å². The highest BCUT2D eigenvalue weighted by molar-refractivity contribution is 5.94. The van der Waals surface area contributed by atoms with E-state index in [4.69, 9.17) is 4.74 Å². The second-order valence-electron chi connectivity index (χ2n) is 4.88. The Morgan fingerprint density at radius 1 is 1.38 bits per heavy atom. The van der Waals surface area contributed by atoms with Crippen molar-refractivity contribution in [2.75, 3.05) is 19.7 Å². The van der Waals surface area contributed by atoms with Crippen LogP contribution in [0.15, 0.2) is 23.1 Å². The molecule has 1 aromatic rings. The summed E-state index contributed by atoms with van der Waals surface area (Å²) in [7, 11) is 0. The zero-order chi connectivity index (χ0) is 15.2. The predicted octanol–water partition coefficient (Wildman–Crippen LogP) is 0.726. The van der Waals surface area contributed by atoms with E-state index in [2.05, 4.69) is 10.3 Å². The Labute approximate surface area is 122 Å². The number of pyridine rings is 1. The van der Waals surface area contributed by atoms with E-state index in [1.165, 1.54) is 18.3 Å². The summed E-state index contributed by atoms with van der Waals surface area (Å²) in [6.45, 7) is 3.27. The Kier molecular flexibility index (Phi) is 4.97. The van der Waals surface area contributed by atoms with Crippen LogP contribution in [-0.4, -0.2) is 47.6 Å². The molecule has 1 aliphatic rings. The number of amides is 2. The lowest BCUT2D eigenvalue weighted by molar-refractivity contribution is 0.0860. The van der Waals surface area contributed by atoms with Gasteiger partial charge < -0.3 is 19.9 Å². The minimum Gasteiger partial charge on any atom is -0.450 e. The van der Waals surface area contributed by atoms with Crippen molar-refractivity contribution < 1.29 is 14.3 Å². The van der Waals surface area contributed by atoms with Crippen LogP contribution in [0.25, 0.3) is 0 Å². The average molecular weight is 293 g/mol. The molecule has 0 saturated carbocycles. The lowest BCUT2D eigenvalue weighted by Gasteiger charge is -2.31. The molecule has 0 radical (unpaired) electrons. The van der Waals surface area contributed by atoms with Gasteiger partial charge in [-0.1, -0.05) is 0 Å². The van der Waals surface area contributed by atoms with Gasteiger partial charge in [-0.25, -0.2) is 4.79 Å². The molecule has 0 atom stereocenters. The molecule has 1 saturated heterocycles. The topological polar surface area (TPSA) is 91.5 Å². The summed E-state index contributed by atoms with van der Waals surface area (Å²) >= 11 is 0. The third-order valence-electron chi connectivity index (χ3n) is 3.40. The molecule has 0 unspecified atom stereocenters. The number of likely N-dealkylation sites (tertiary alicyclic amines) is 1. The van der Waals surface area contributed by atoms with Crippen molar-refractivity contribution >= 4 is 12.0 Å². The average Bonchev–Trinajstić information content (AvgIpc) is 2.49. The Hall–Kier alpha value is -2.31. The Morgan fingerprint density at radius 2 is 2.10 bits per heavy atom. The molecule has 1 aromatic heterocycles. The number of hydrogen-bond acceptors (Lipinski definition) is 4. The molecule has 0 spiro atoms. The zero-order valence-electron chi connectivity index (χ0n) is 11.9. The smallest absolute Gasteiger partial charge is 0.409 e. The van der Waals surface area contributed by atoms with Crippen LogP contribution < -0.4 is 10.9 Å². The van der Waals surface area contributed by atoms with Crippen molar-refractivity contribution in [3.63, 3.8) is 0 Å². The predicted molar refractivity (Wildman–Crippen MR) is 76.1 cm³/mol. The molecular formula is C14H19N3O4. The largest absolute Gasteiger partial charge is 0.450 e. The quantitative estimate of drug-likeness (QED) is 0.859. The summed E-state index contributed by atoms with van der Waals surface area (Å²) in [6.07, 6.45) is 2.47. The zero-order valence-corrected chi connectivity index (χ0v) is 11.9. The molecule has 7 nitrogen and oxygen atoms in total. The first-order chi connectivity index (χ1) is 10.1. The third-order valence-corrected chi connectivity index (χ3v) is 3.40. The number of piperidine rings is 1. The number of rotatable bonds is 3. The molecule has 1 aliphatic heterocycles. The van der Waals surface area contributed by atoms with Crippen LogP contribution in [-0.2, 0) is 4.74 Å². The molecule has 0 aromatic carbocycles. The molecule has 2 amide bonds. The molecule has 114 valence electrons. The lowest BCUT2D eigenvalue weighted by Crippen LogP contribution is -2.46. The maximum Gasteiger partial charge on any atom is 0.409 e. The van der Waals surface area contributed by atoms with E-state index >= 15 is 0 Å². The fourth-order valence-corrected chi connectivity index (χ4v) is 2.24. The first kappa shape index (κ1) is 15.1. The Balaban J connectivity index is 1.83. The molecular weight excluding hydrogens is 274 g/mol. The SMILES string of the molecule is CCOC(=O)N1CCC(NC(=O)c2ccc(=O)[nH]c2)CC1. The summed E-state index contributed by atoms with van der Waals surface area (Å²) < 4.78 is 4.94. The fourth-order valence-electron chi connectivity index (χ4n) is 2.24. The first-order valence-electron chi connectivity index (χ1n) is 7.01. The van der Waals surface area contributed by atoms with Crippen LogP contribution >= 0.6 is 0 Å². The third kappa shape index (κ3) is 4.08. The summed E-state index contributed by atoms with van der Waals surface area (Å²) in [6, 6.07) is 2.83. The molecule has 0 aliphatic carbocycles. The van der Waals surface area contributed by atoms with Gasteiger partial charge >= 0.3 is 6.09 Å². The number of aromatic nitrogens is 1. The molecule has 0 bridgehead atoms. The van der Waals surface area contributed by atoms with Crippen molar-refractivity contribution in [2.45, 2.75) is 25.8 Å². The van der Waals surface area contributed by atoms with Gasteiger partial charge in [0.15, 0.2) is 0 Å². The summed E-state index contributed by atoms with van der Waals surface area (Å²) in [5.74, 6) is -0.221. The van der Waals surface area contributed by atoms with Crippen LogP contribution in [0.2, 0.25) is 0 Å². The van der Waals surface area contributed by atoms with Gasteiger partial charge in [0.05, 0.1) is 12.2 Å². The van der Waals surface area contributed by atoms with Gasteiger partial charge in [0.2, 0.25) is 5.56 Å². The van der Waals surface area contributed by atoms with Gasteiger partial charge in [-0.3, -0.25) is 9.59 Å². The second-order valence-corrected chi connectivity index (χ2v) is 4.88. The van der Waals surface area contributed by atoms with E-state index in [0.717, 1.165) is 0 Å². The van der Waals surface area contributed by atoms with E-state index < -0.39 is 0 Å². The van der Waals surface area contributed by atoms with Gasteiger partial charge in [0.25, 0.3) is 5.91 Å².